The molecular weight excluding hydrogens is 244 g/mol. The number of carbonyl (C=O) groups excluding carboxylic acids is 1. The molecule has 0 aliphatic carbocycles. The van der Waals surface area contributed by atoms with Crippen LogP contribution in [0.4, 0.5) is 0 Å². The number of rotatable bonds is 5. The van der Waals surface area contributed by atoms with Gasteiger partial charge in [-0.1, -0.05) is 6.92 Å². The van der Waals surface area contributed by atoms with Crippen LogP contribution in [0.5, 0.6) is 0 Å². The van der Waals surface area contributed by atoms with Crippen molar-refractivity contribution >= 4 is 5.91 Å². The summed E-state index contributed by atoms with van der Waals surface area (Å²) in [5, 5.41) is 13.1. The molecule has 1 fully saturated rings. The smallest absolute Gasteiger partial charge is 0.268 e. The number of aromatic nitrogens is 1. The molecule has 1 amide bonds. The first-order valence-corrected chi connectivity index (χ1v) is 6.88. The number of ether oxygens (including phenoxy) is 1. The van der Waals surface area contributed by atoms with Gasteiger partial charge in [0.25, 0.3) is 5.91 Å². The van der Waals surface area contributed by atoms with E-state index in [1.54, 1.807) is 6.07 Å². The average Bonchev–Trinajstić information content (AvgIpc) is 2.86. The van der Waals surface area contributed by atoms with E-state index in [-0.39, 0.29) is 12.5 Å². The Labute approximate surface area is 113 Å². The quantitative estimate of drug-likeness (QED) is 0.841. The van der Waals surface area contributed by atoms with Crippen LogP contribution in [0.2, 0.25) is 0 Å². The van der Waals surface area contributed by atoms with Crippen molar-refractivity contribution in [2.45, 2.75) is 38.3 Å². The maximum atomic E-state index is 12.1. The molecule has 5 nitrogen and oxygen atoms in total. The Morgan fingerprint density at radius 3 is 2.95 bits per heavy atom. The van der Waals surface area contributed by atoms with Crippen molar-refractivity contribution in [3.8, 4) is 0 Å². The summed E-state index contributed by atoms with van der Waals surface area (Å²) in [7, 11) is 0. The molecule has 1 saturated heterocycles. The third-order valence-electron chi connectivity index (χ3n) is 3.53. The number of carbonyl (C=O) groups is 1. The molecule has 0 bridgehead atoms. The lowest BCUT2D eigenvalue weighted by atomic mass is 9.94. The first kappa shape index (κ1) is 14.1. The van der Waals surface area contributed by atoms with Crippen molar-refractivity contribution in [3.63, 3.8) is 0 Å². The highest BCUT2D eigenvalue weighted by Crippen LogP contribution is 2.19. The lowest BCUT2D eigenvalue weighted by molar-refractivity contribution is -0.0605. The van der Waals surface area contributed by atoms with Crippen LogP contribution in [0.1, 0.15) is 36.7 Å². The summed E-state index contributed by atoms with van der Waals surface area (Å²) in [4.78, 5) is 12.1. The van der Waals surface area contributed by atoms with Crippen LogP contribution in [-0.4, -0.2) is 40.9 Å². The maximum Gasteiger partial charge on any atom is 0.268 e. The van der Waals surface area contributed by atoms with E-state index < -0.39 is 5.60 Å². The molecule has 2 heterocycles. The van der Waals surface area contributed by atoms with Crippen molar-refractivity contribution in [2.75, 3.05) is 19.8 Å². The molecule has 0 aromatic carbocycles. The standard InChI is InChI=1S/C14H22N2O3/c1-2-7-16-8-3-4-12(16)13(17)15-11-14(18)5-9-19-10-6-14/h3-4,8,18H,2,5-7,9-11H2,1H3,(H,15,17). The Bertz CT molecular complexity index is 422. The minimum atomic E-state index is -0.823. The number of nitrogens with one attached hydrogen (secondary N) is 1. The summed E-state index contributed by atoms with van der Waals surface area (Å²) in [5.74, 6) is -0.127. The Balaban J connectivity index is 1.91. The Hall–Kier alpha value is -1.33. The van der Waals surface area contributed by atoms with Gasteiger partial charge < -0.3 is 19.7 Å². The van der Waals surface area contributed by atoms with Gasteiger partial charge >= 0.3 is 0 Å². The SMILES string of the molecule is CCCn1cccc1C(=O)NCC1(O)CCOCC1. The van der Waals surface area contributed by atoms with Crippen LogP contribution in [0.25, 0.3) is 0 Å². The van der Waals surface area contributed by atoms with Gasteiger partial charge in [-0.15, -0.1) is 0 Å². The summed E-state index contributed by atoms with van der Waals surface area (Å²) in [6.45, 7) is 4.30. The Morgan fingerprint density at radius 1 is 1.53 bits per heavy atom. The highest BCUT2D eigenvalue weighted by Gasteiger charge is 2.30. The molecule has 2 N–H and O–H groups in total. The number of aryl methyl sites for hydroxylation is 1. The number of hydrogen-bond donors (Lipinski definition) is 2. The molecule has 106 valence electrons. The first-order chi connectivity index (χ1) is 9.14. The molecule has 0 spiro atoms. The van der Waals surface area contributed by atoms with Gasteiger partial charge in [0.2, 0.25) is 0 Å². The second-order valence-electron chi connectivity index (χ2n) is 5.11. The fourth-order valence-electron chi connectivity index (χ4n) is 2.32. The third-order valence-corrected chi connectivity index (χ3v) is 3.53. The minimum Gasteiger partial charge on any atom is -0.388 e. The van der Waals surface area contributed by atoms with Gasteiger partial charge in [-0.3, -0.25) is 4.79 Å². The molecule has 0 radical (unpaired) electrons. The van der Waals surface area contributed by atoms with Crippen molar-refractivity contribution in [3.05, 3.63) is 24.0 Å². The van der Waals surface area contributed by atoms with Crippen molar-refractivity contribution in [1.29, 1.82) is 0 Å². The van der Waals surface area contributed by atoms with E-state index in [1.165, 1.54) is 0 Å². The highest BCUT2D eigenvalue weighted by molar-refractivity contribution is 5.92. The van der Waals surface area contributed by atoms with Crippen LogP contribution < -0.4 is 5.32 Å². The summed E-state index contributed by atoms with van der Waals surface area (Å²) >= 11 is 0. The van der Waals surface area contributed by atoms with Crippen LogP contribution in [-0.2, 0) is 11.3 Å². The molecule has 1 aliphatic rings. The zero-order chi connectivity index (χ0) is 13.7. The van der Waals surface area contributed by atoms with E-state index in [1.807, 2.05) is 16.8 Å². The van der Waals surface area contributed by atoms with Crippen molar-refractivity contribution in [2.24, 2.45) is 0 Å². The minimum absolute atomic E-state index is 0.127. The molecule has 5 heteroatoms. The summed E-state index contributed by atoms with van der Waals surface area (Å²) < 4.78 is 7.15. The third kappa shape index (κ3) is 3.58. The Morgan fingerprint density at radius 2 is 2.26 bits per heavy atom. The molecule has 19 heavy (non-hydrogen) atoms. The normalized spacial score (nSPS) is 18.2. The second kappa shape index (κ2) is 6.21. The largest absolute Gasteiger partial charge is 0.388 e. The highest BCUT2D eigenvalue weighted by atomic mass is 16.5. The number of amides is 1. The second-order valence-corrected chi connectivity index (χ2v) is 5.11. The van der Waals surface area contributed by atoms with Crippen LogP contribution >= 0.6 is 0 Å². The lowest BCUT2D eigenvalue weighted by Gasteiger charge is -2.32. The zero-order valence-corrected chi connectivity index (χ0v) is 11.4. The van der Waals surface area contributed by atoms with Crippen LogP contribution in [0.3, 0.4) is 0 Å². The van der Waals surface area contributed by atoms with E-state index in [2.05, 4.69) is 12.2 Å². The van der Waals surface area contributed by atoms with Crippen LogP contribution in [0, 0.1) is 0 Å². The molecule has 1 aromatic heterocycles. The number of aliphatic hydroxyl groups is 1. The van der Waals surface area contributed by atoms with Gasteiger partial charge in [0, 0.05) is 45.3 Å². The molecule has 0 atom stereocenters. The Kier molecular flexibility index (Phi) is 4.61. The summed E-state index contributed by atoms with van der Waals surface area (Å²) in [6, 6.07) is 3.67. The van der Waals surface area contributed by atoms with Crippen molar-refractivity contribution < 1.29 is 14.6 Å². The monoisotopic (exact) mass is 266 g/mol. The average molecular weight is 266 g/mol. The number of hydrogen-bond acceptors (Lipinski definition) is 3. The molecule has 2 rings (SSSR count). The summed E-state index contributed by atoms with van der Waals surface area (Å²) in [6.07, 6.45) is 4.03. The molecular formula is C14H22N2O3. The van der Waals surface area contributed by atoms with Crippen LogP contribution in [0.15, 0.2) is 18.3 Å². The summed E-state index contributed by atoms with van der Waals surface area (Å²) in [5.41, 5.74) is -0.173. The topological polar surface area (TPSA) is 63.5 Å². The predicted molar refractivity (Wildman–Crippen MR) is 72.1 cm³/mol. The van der Waals surface area contributed by atoms with Gasteiger partial charge in [0.1, 0.15) is 5.69 Å². The maximum absolute atomic E-state index is 12.1. The molecule has 1 aromatic rings. The van der Waals surface area contributed by atoms with E-state index in [4.69, 9.17) is 4.74 Å². The first-order valence-electron chi connectivity index (χ1n) is 6.88. The van der Waals surface area contributed by atoms with E-state index in [0.29, 0.717) is 31.7 Å². The van der Waals surface area contributed by atoms with Crippen molar-refractivity contribution in [1.82, 2.24) is 9.88 Å². The predicted octanol–water partition coefficient (Wildman–Crippen LogP) is 1.17. The van der Waals surface area contributed by atoms with Gasteiger partial charge in [0.15, 0.2) is 0 Å². The van der Waals surface area contributed by atoms with Gasteiger partial charge in [0.05, 0.1) is 5.60 Å². The molecule has 0 unspecified atom stereocenters. The molecule has 0 saturated carbocycles. The van der Waals surface area contributed by atoms with Gasteiger partial charge in [-0.2, -0.15) is 0 Å². The fourth-order valence-corrected chi connectivity index (χ4v) is 2.32. The van der Waals surface area contributed by atoms with E-state index >= 15 is 0 Å². The van der Waals surface area contributed by atoms with Gasteiger partial charge in [-0.25, -0.2) is 0 Å². The fraction of sp³-hybridized carbons (Fsp3) is 0.643. The van der Waals surface area contributed by atoms with E-state index in [9.17, 15) is 9.90 Å². The van der Waals surface area contributed by atoms with Gasteiger partial charge in [-0.05, 0) is 18.6 Å². The van der Waals surface area contributed by atoms with E-state index in [0.717, 1.165) is 13.0 Å². The molecule has 1 aliphatic heterocycles. The lowest BCUT2D eigenvalue weighted by Crippen LogP contribution is -2.46. The zero-order valence-electron chi connectivity index (χ0n) is 11.4. The number of nitrogens with zero attached hydrogens (tertiary/aromatic N) is 1.